The highest BCUT2D eigenvalue weighted by Gasteiger charge is 2.41. The van der Waals surface area contributed by atoms with Gasteiger partial charge in [-0.25, -0.2) is 4.79 Å². The number of anilines is 1. The standard InChI is InChI=1S/C19H24N4O4/c1-12(2)16-21-17(23-27-16)19(10-4-5-11-19)22-15(24)13-6-8-14(9-7-13)20-18(25)26-3/h6-9,12H,4-5,10-11H2,1-3H3,(H,20,25)(H,22,24). The number of hydrogen-bond donors (Lipinski definition) is 2. The summed E-state index contributed by atoms with van der Waals surface area (Å²) in [6.45, 7) is 3.97. The van der Waals surface area contributed by atoms with Crippen molar-refractivity contribution in [1.82, 2.24) is 15.5 Å². The fraction of sp³-hybridized carbons (Fsp3) is 0.474. The van der Waals surface area contributed by atoms with Crippen molar-refractivity contribution in [3.8, 4) is 0 Å². The molecule has 0 radical (unpaired) electrons. The fourth-order valence-corrected chi connectivity index (χ4v) is 3.21. The normalized spacial score (nSPS) is 15.6. The van der Waals surface area contributed by atoms with Crippen molar-refractivity contribution in [1.29, 1.82) is 0 Å². The highest BCUT2D eigenvalue weighted by Crippen LogP contribution is 2.38. The molecule has 3 rings (SSSR count). The van der Waals surface area contributed by atoms with E-state index >= 15 is 0 Å². The van der Waals surface area contributed by atoms with Crippen molar-refractivity contribution >= 4 is 17.7 Å². The number of amides is 2. The van der Waals surface area contributed by atoms with Crippen LogP contribution < -0.4 is 10.6 Å². The van der Waals surface area contributed by atoms with Gasteiger partial charge in [-0.15, -0.1) is 0 Å². The number of hydrogen-bond acceptors (Lipinski definition) is 6. The SMILES string of the molecule is COC(=O)Nc1ccc(C(=O)NC2(c3noc(C(C)C)n3)CCCC2)cc1. The van der Waals surface area contributed by atoms with Crippen LogP contribution in [0.4, 0.5) is 10.5 Å². The highest BCUT2D eigenvalue weighted by molar-refractivity contribution is 5.95. The summed E-state index contributed by atoms with van der Waals surface area (Å²) in [7, 11) is 1.29. The number of ether oxygens (including phenoxy) is 1. The second-order valence-electron chi connectivity index (χ2n) is 7.05. The van der Waals surface area contributed by atoms with Gasteiger partial charge in [-0.3, -0.25) is 10.1 Å². The molecule has 8 nitrogen and oxygen atoms in total. The molecule has 1 fully saturated rings. The molecule has 1 aromatic heterocycles. The van der Waals surface area contributed by atoms with Gasteiger partial charge in [0, 0.05) is 17.2 Å². The lowest BCUT2D eigenvalue weighted by Crippen LogP contribution is -2.44. The number of methoxy groups -OCH3 is 1. The smallest absolute Gasteiger partial charge is 0.411 e. The van der Waals surface area contributed by atoms with Crippen LogP contribution >= 0.6 is 0 Å². The van der Waals surface area contributed by atoms with Crippen LogP contribution in [-0.2, 0) is 10.3 Å². The molecule has 0 aliphatic heterocycles. The number of carbonyl (C=O) groups excluding carboxylic acids is 2. The molecule has 0 unspecified atom stereocenters. The second-order valence-corrected chi connectivity index (χ2v) is 7.05. The van der Waals surface area contributed by atoms with Crippen molar-refractivity contribution in [2.75, 3.05) is 12.4 Å². The molecule has 1 aliphatic carbocycles. The predicted molar refractivity (Wildman–Crippen MR) is 98.5 cm³/mol. The van der Waals surface area contributed by atoms with Crippen LogP contribution in [0.3, 0.4) is 0 Å². The minimum absolute atomic E-state index is 0.134. The summed E-state index contributed by atoms with van der Waals surface area (Å²) in [5, 5.41) is 9.80. The van der Waals surface area contributed by atoms with Gasteiger partial charge in [0.15, 0.2) is 5.82 Å². The lowest BCUT2D eigenvalue weighted by atomic mass is 9.95. The summed E-state index contributed by atoms with van der Waals surface area (Å²) in [4.78, 5) is 28.6. The molecule has 0 atom stereocenters. The van der Waals surface area contributed by atoms with Crippen LogP contribution in [0.25, 0.3) is 0 Å². The summed E-state index contributed by atoms with van der Waals surface area (Å²) in [6, 6.07) is 6.61. The first kappa shape index (κ1) is 18.9. The van der Waals surface area contributed by atoms with Crippen LogP contribution in [0.2, 0.25) is 0 Å². The van der Waals surface area contributed by atoms with Crippen LogP contribution in [0.15, 0.2) is 28.8 Å². The minimum atomic E-state index is -0.601. The number of rotatable bonds is 5. The molecule has 0 bridgehead atoms. The monoisotopic (exact) mass is 372 g/mol. The average Bonchev–Trinajstić information content (AvgIpc) is 3.32. The Balaban J connectivity index is 1.76. The molecular formula is C19H24N4O4. The molecule has 0 saturated heterocycles. The van der Waals surface area contributed by atoms with E-state index in [4.69, 9.17) is 4.52 Å². The summed E-state index contributed by atoms with van der Waals surface area (Å²) in [6.07, 6.45) is 2.98. The molecule has 0 spiro atoms. The Kier molecular flexibility index (Phi) is 5.43. The zero-order valence-corrected chi connectivity index (χ0v) is 15.7. The van der Waals surface area contributed by atoms with E-state index in [9.17, 15) is 9.59 Å². The van der Waals surface area contributed by atoms with Gasteiger partial charge in [0.05, 0.1) is 7.11 Å². The molecule has 1 heterocycles. The Morgan fingerprint density at radius 3 is 2.41 bits per heavy atom. The first-order valence-corrected chi connectivity index (χ1v) is 9.05. The van der Waals surface area contributed by atoms with Crippen LogP contribution in [0, 0.1) is 0 Å². The first-order valence-electron chi connectivity index (χ1n) is 9.05. The average molecular weight is 372 g/mol. The fourth-order valence-electron chi connectivity index (χ4n) is 3.21. The number of aromatic nitrogens is 2. The lowest BCUT2D eigenvalue weighted by Gasteiger charge is -2.26. The van der Waals surface area contributed by atoms with E-state index in [0.717, 1.165) is 25.7 Å². The maximum Gasteiger partial charge on any atom is 0.411 e. The topological polar surface area (TPSA) is 106 Å². The number of carbonyl (C=O) groups is 2. The Morgan fingerprint density at radius 2 is 1.85 bits per heavy atom. The lowest BCUT2D eigenvalue weighted by molar-refractivity contribution is 0.0892. The van der Waals surface area contributed by atoms with E-state index in [1.54, 1.807) is 24.3 Å². The van der Waals surface area contributed by atoms with E-state index in [2.05, 4.69) is 25.5 Å². The van der Waals surface area contributed by atoms with Gasteiger partial charge in [0.25, 0.3) is 5.91 Å². The molecule has 8 heteroatoms. The predicted octanol–water partition coefficient (Wildman–Crippen LogP) is 3.57. The Morgan fingerprint density at radius 1 is 1.19 bits per heavy atom. The first-order chi connectivity index (χ1) is 12.9. The van der Waals surface area contributed by atoms with E-state index in [0.29, 0.717) is 23.0 Å². The van der Waals surface area contributed by atoms with E-state index < -0.39 is 11.6 Å². The summed E-state index contributed by atoms with van der Waals surface area (Å²) in [5.41, 5.74) is 0.439. The van der Waals surface area contributed by atoms with E-state index in [1.165, 1.54) is 7.11 Å². The Labute approximate surface area is 157 Å². The van der Waals surface area contributed by atoms with Gasteiger partial charge in [0.1, 0.15) is 5.54 Å². The van der Waals surface area contributed by atoms with Crippen LogP contribution in [0.1, 0.15) is 67.5 Å². The summed E-state index contributed by atoms with van der Waals surface area (Å²) >= 11 is 0. The summed E-state index contributed by atoms with van der Waals surface area (Å²) in [5.74, 6) is 1.04. The number of benzene rings is 1. The molecule has 1 aliphatic rings. The molecular weight excluding hydrogens is 348 g/mol. The van der Waals surface area contributed by atoms with E-state index in [1.807, 2.05) is 13.8 Å². The zero-order valence-electron chi connectivity index (χ0n) is 15.7. The van der Waals surface area contributed by atoms with Gasteiger partial charge < -0.3 is 14.6 Å². The van der Waals surface area contributed by atoms with Crippen LogP contribution in [-0.4, -0.2) is 29.3 Å². The van der Waals surface area contributed by atoms with Crippen molar-refractivity contribution in [3.05, 3.63) is 41.5 Å². The van der Waals surface area contributed by atoms with Crippen molar-refractivity contribution in [2.24, 2.45) is 0 Å². The van der Waals surface area contributed by atoms with Gasteiger partial charge in [-0.1, -0.05) is 31.8 Å². The van der Waals surface area contributed by atoms with Crippen LogP contribution in [0.5, 0.6) is 0 Å². The highest BCUT2D eigenvalue weighted by atomic mass is 16.5. The van der Waals surface area contributed by atoms with Gasteiger partial charge in [-0.2, -0.15) is 4.98 Å². The van der Waals surface area contributed by atoms with E-state index in [-0.39, 0.29) is 11.8 Å². The number of nitrogens with one attached hydrogen (secondary N) is 2. The third kappa shape index (κ3) is 4.10. The minimum Gasteiger partial charge on any atom is -0.453 e. The van der Waals surface area contributed by atoms with Crippen molar-refractivity contribution in [2.45, 2.75) is 51.0 Å². The molecule has 144 valence electrons. The molecule has 2 amide bonds. The maximum atomic E-state index is 12.8. The Bertz CT molecular complexity index is 807. The third-order valence-corrected chi connectivity index (χ3v) is 4.75. The largest absolute Gasteiger partial charge is 0.453 e. The van der Waals surface area contributed by atoms with Gasteiger partial charge in [-0.05, 0) is 37.1 Å². The maximum absolute atomic E-state index is 12.8. The van der Waals surface area contributed by atoms with Gasteiger partial charge >= 0.3 is 6.09 Å². The molecule has 2 N–H and O–H groups in total. The van der Waals surface area contributed by atoms with Crippen molar-refractivity contribution < 1.29 is 18.8 Å². The second kappa shape index (κ2) is 7.77. The quantitative estimate of drug-likeness (QED) is 0.831. The third-order valence-electron chi connectivity index (χ3n) is 4.75. The molecule has 1 aromatic carbocycles. The molecule has 2 aromatic rings. The summed E-state index contributed by atoms with van der Waals surface area (Å²) < 4.78 is 9.90. The van der Waals surface area contributed by atoms with Crippen molar-refractivity contribution in [3.63, 3.8) is 0 Å². The zero-order chi connectivity index (χ0) is 19.4. The van der Waals surface area contributed by atoms with Gasteiger partial charge in [0.2, 0.25) is 5.89 Å². The molecule has 27 heavy (non-hydrogen) atoms. The number of nitrogens with zero attached hydrogens (tertiary/aromatic N) is 2. The Hall–Kier alpha value is -2.90. The molecule has 1 saturated carbocycles.